The van der Waals surface area contributed by atoms with E-state index in [1.165, 1.54) is 0 Å². The van der Waals surface area contributed by atoms with E-state index in [4.69, 9.17) is 4.74 Å². The highest BCUT2D eigenvalue weighted by molar-refractivity contribution is 5.43. The Hall–Kier alpha value is -1.05. The number of hydrogen-bond donors (Lipinski definition) is 0. The summed E-state index contributed by atoms with van der Waals surface area (Å²) >= 11 is 0. The van der Waals surface area contributed by atoms with E-state index in [1.807, 2.05) is 26.0 Å². The van der Waals surface area contributed by atoms with E-state index in [2.05, 4.69) is 0 Å². The molecule has 0 spiro atoms. The molecule has 0 amide bonds. The lowest BCUT2D eigenvalue weighted by molar-refractivity contribution is 0.407. The molecule has 1 nitrogen and oxygen atoms in total. The first-order chi connectivity index (χ1) is 5.69. The Morgan fingerprint density at radius 2 is 1.75 bits per heavy atom. The molecule has 0 N–H and O–H groups in total. The Balaban J connectivity index is 3.18. The first-order valence-electron chi connectivity index (χ1n) is 3.89. The molecule has 0 heterocycles. The summed E-state index contributed by atoms with van der Waals surface area (Å²) in [5, 5.41) is 0. The van der Waals surface area contributed by atoms with E-state index >= 15 is 0 Å². The average Bonchev–Trinajstić information content (AvgIpc) is 2.03. The predicted molar refractivity (Wildman–Crippen MR) is 47.3 cm³/mol. The number of rotatable bonds is 2. The minimum Gasteiger partial charge on any atom is -0.496 e. The summed E-state index contributed by atoms with van der Waals surface area (Å²) in [5.74, 6) is 0.854. The van der Waals surface area contributed by atoms with Crippen LogP contribution in [0.3, 0.4) is 0 Å². The fraction of sp³-hybridized carbons (Fsp3) is 0.400. The number of alkyl halides is 1. The molecular formula is C10H13FO. The second-order valence-corrected chi connectivity index (χ2v) is 2.90. The van der Waals surface area contributed by atoms with Crippen LogP contribution in [0.2, 0.25) is 0 Å². The molecule has 1 aromatic carbocycles. The number of halogens is 1. The number of methoxy groups -OCH3 is 1. The van der Waals surface area contributed by atoms with E-state index in [1.54, 1.807) is 7.11 Å². The van der Waals surface area contributed by atoms with Crippen molar-refractivity contribution in [3.05, 3.63) is 28.8 Å². The average molecular weight is 168 g/mol. The summed E-state index contributed by atoms with van der Waals surface area (Å²) < 4.78 is 17.4. The van der Waals surface area contributed by atoms with Crippen molar-refractivity contribution < 1.29 is 9.13 Å². The van der Waals surface area contributed by atoms with Crippen molar-refractivity contribution in [2.75, 3.05) is 7.11 Å². The second kappa shape index (κ2) is 3.57. The van der Waals surface area contributed by atoms with Gasteiger partial charge in [0.2, 0.25) is 0 Å². The third kappa shape index (κ3) is 1.58. The molecule has 0 aliphatic carbocycles. The van der Waals surface area contributed by atoms with Gasteiger partial charge in [0.1, 0.15) is 12.4 Å². The van der Waals surface area contributed by atoms with Gasteiger partial charge in [-0.05, 0) is 42.7 Å². The number of hydrogen-bond acceptors (Lipinski definition) is 1. The third-order valence-electron chi connectivity index (χ3n) is 1.88. The van der Waals surface area contributed by atoms with Crippen LogP contribution in [0.1, 0.15) is 16.7 Å². The lowest BCUT2D eigenvalue weighted by Crippen LogP contribution is -1.92. The molecule has 0 fully saturated rings. The SMILES string of the molecule is COc1c(C)cc(CF)cc1C. The second-order valence-electron chi connectivity index (χ2n) is 2.90. The zero-order chi connectivity index (χ0) is 9.14. The van der Waals surface area contributed by atoms with Crippen molar-refractivity contribution in [1.82, 2.24) is 0 Å². The predicted octanol–water partition coefficient (Wildman–Crippen LogP) is 2.78. The maximum Gasteiger partial charge on any atom is 0.124 e. The highest BCUT2D eigenvalue weighted by Crippen LogP contribution is 2.24. The van der Waals surface area contributed by atoms with Gasteiger partial charge in [-0.15, -0.1) is 0 Å². The van der Waals surface area contributed by atoms with E-state index in [0.29, 0.717) is 5.56 Å². The normalized spacial score (nSPS) is 10.0. The molecule has 0 unspecified atom stereocenters. The quantitative estimate of drug-likeness (QED) is 0.659. The van der Waals surface area contributed by atoms with Crippen LogP contribution >= 0.6 is 0 Å². The van der Waals surface area contributed by atoms with Crippen LogP contribution in [0.25, 0.3) is 0 Å². The molecule has 12 heavy (non-hydrogen) atoms. The molecular weight excluding hydrogens is 155 g/mol. The van der Waals surface area contributed by atoms with Crippen molar-refractivity contribution in [3.8, 4) is 5.75 Å². The summed E-state index contributed by atoms with van der Waals surface area (Å²) in [6.07, 6.45) is 0. The van der Waals surface area contributed by atoms with Gasteiger partial charge in [-0.1, -0.05) is 0 Å². The Bertz CT molecular complexity index is 258. The maximum atomic E-state index is 12.3. The lowest BCUT2D eigenvalue weighted by Gasteiger charge is -2.09. The summed E-state index contributed by atoms with van der Waals surface area (Å²) in [4.78, 5) is 0. The van der Waals surface area contributed by atoms with Gasteiger partial charge in [-0.3, -0.25) is 0 Å². The van der Waals surface area contributed by atoms with Crippen molar-refractivity contribution in [2.24, 2.45) is 0 Å². The van der Waals surface area contributed by atoms with Gasteiger partial charge in [0.25, 0.3) is 0 Å². The Kier molecular flexibility index (Phi) is 2.69. The van der Waals surface area contributed by atoms with Gasteiger partial charge in [-0.25, -0.2) is 4.39 Å². The molecule has 0 aliphatic rings. The van der Waals surface area contributed by atoms with Gasteiger partial charge in [-0.2, -0.15) is 0 Å². The van der Waals surface area contributed by atoms with Crippen LogP contribution < -0.4 is 4.74 Å². The fourth-order valence-corrected chi connectivity index (χ4v) is 1.44. The molecule has 66 valence electrons. The fourth-order valence-electron chi connectivity index (χ4n) is 1.44. The minimum atomic E-state index is -0.411. The molecule has 0 bridgehead atoms. The Morgan fingerprint density at radius 1 is 1.25 bits per heavy atom. The summed E-state index contributed by atoms with van der Waals surface area (Å²) in [5.41, 5.74) is 2.70. The van der Waals surface area contributed by atoms with Gasteiger partial charge in [0, 0.05) is 0 Å². The van der Waals surface area contributed by atoms with E-state index in [-0.39, 0.29) is 0 Å². The van der Waals surface area contributed by atoms with Crippen LogP contribution in [0, 0.1) is 13.8 Å². The molecule has 0 aliphatic heterocycles. The van der Waals surface area contributed by atoms with Crippen LogP contribution in [0.15, 0.2) is 12.1 Å². The standard InChI is InChI=1S/C10H13FO/c1-7-4-9(6-11)5-8(2)10(7)12-3/h4-5H,6H2,1-3H3. The molecule has 0 saturated carbocycles. The highest BCUT2D eigenvalue weighted by Gasteiger charge is 2.04. The van der Waals surface area contributed by atoms with Crippen molar-refractivity contribution in [3.63, 3.8) is 0 Å². The number of ether oxygens (including phenoxy) is 1. The third-order valence-corrected chi connectivity index (χ3v) is 1.88. The van der Waals surface area contributed by atoms with Crippen molar-refractivity contribution in [1.29, 1.82) is 0 Å². The monoisotopic (exact) mass is 168 g/mol. The first-order valence-corrected chi connectivity index (χ1v) is 3.89. The van der Waals surface area contributed by atoms with Crippen LogP contribution in [-0.2, 0) is 6.67 Å². The highest BCUT2D eigenvalue weighted by atomic mass is 19.1. The zero-order valence-corrected chi connectivity index (χ0v) is 7.65. The molecule has 0 radical (unpaired) electrons. The smallest absolute Gasteiger partial charge is 0.124 e. The van der Waals surface area contributed by atoms with E-state index in [0.717, 1.165) is 16.9 Å². The molecule has 0 saturated heterocycles. The van der Waals surface area contributed by atoms with E-state index in [9.17, 15) is 4.39 Å². The Labute approximate surface area is 72.2 Å². The molecule has 1 rings (SSSR count). The van der Waals surface area contributed by atoms with Crippen molar-refractivity contribution >= 4 is 0 Å². The minimum absolute atomic E-state index is 0.411. The zero-order valence-electron chi connectivity index (χ0n) is 7.65. The molecule has 1 aromatic rings. The topological polar surface area (TPSA) is 9.23 Å². The summed E-state index contributed by atoms with van der Waals surface area (Å²) in [7, 11) is 1.63. The molecule has 0 aromatic heterocycles. The van der Waals surface area contributed by atoms with Gasteiger partial charge >= 0.3 is 0 Å². The number of benzene rings is 1. The summed E-state index contributed by atoms with van der Waals surface area (Å²) in [6, 6.07) is 3.62. The molecule has 0 atom stereocenters. The van der Waals surface area contributed by atoms with Gasteiger partial charge in [0.15, 0.2) is 0 Å². The largest absolute Gasteiger partial charge is 0.496 e. The Morgan fingerprint density at radius 3 is 2.08 bits per heavy atom. The van der Waals surface area contributed by atoms with Crippen LogP contribution in [0.5, 0.6) is 5.75 Å². The summed E-state index contributed by atoms with van der Waals surface area (Å²) in [6.45, 7) is 3.43. The maximum absolute atomic E-state index is 12.3. The van der Waals surface area contributed by atoms with Crippen molar-refractivity contribution in [2.45, 2.75) is 20.5 Å². The van der Waals surface area contributed by atoms with Gasteiger partial charge in [0.05, 0.1) is 7.11 Å². The molecule has 2 heteroatoms. The first kappa shape index (κ1) is 9.04. The van der Waals surface area contributed by atoms with E-state index < -0.39 is 6.67 Å². The van der Waals surface area contributed by atoms with Crippen LogP contribution in [-0.4, -0.2) is 7.11 Å². The lowest BCUT2D eigenvalue weighted by atomic mass is 10.1. The van der Waals surface area contributed by atoms with Crippen LogP contribution in [0.4, 0.5) is 4.39 Å². The number of aryl methyl sites for hydroxylation is 2. The van der Waals surface area contributed by atoms with Gasteiger partial charge < -0.3 is 4.74 Å².